The van der Waals surface area contributed by atoms with Crippen molar-refractivity contribution in [3.05, 3.63) is 18.0 Å². The first-order valence-electron chi connectivity index (χ1n) is 5.50. The Hall–Kier alpha value is -1.49. The second-order valence-corrected chi connectivity index (χ2v) is 3.84. The Labute approximate surface area is 95.0 Å². The lowest BCUT2D eigenvalue weighted by Gasteiger charge is -2.13. The van der Waals surface area contributed by atoms with E-state index in [-0.39, 0.29) is 12.5 Å². The molecule has 1 unspecified atom stereocenters. The highest BCUT2D eigenvalue weighted by atomic mass is 16.3. The molecule has 0 spiro atoms. The maximum absolute atomic E-state index is 11.6. The molecule has 1 atom stereocenters. The van der Waals surface area contributed by atoms with Crippen molar-refractivity contribution in [2.45, 2.75) is 19.8 Å². The van der Waals surface area contributed by atoms with Gasteiger partial charge < -0.3 is 21.1 Å². The lowest BCUT2D eigenvalue weighted by atomic mass is 10.0. The number of nitrogens with two attached hydrogens (primary N) is 1. The minimum atomic E-state index is -0.159. The van der Waals surface area contributed by atoms with Gasteiger partial charge in [0.25, 0.3) is 5.91 Å². The number of nitrogen functional groups attached to an aromatic ring is 1. The third-order valence-electron chi connectivity index (χ3n) is 2.62. The Bertz CT molecular complexity index is 336. The van der Waals surface area contributed by atoms with Crippen molar-refractivity contribution in [2.24, 2.45) is 5.92 Å². The van der Waals surface area contributed by atoms with E-state index in [4.69, 9.17) is 10.8 Å². The van der Waals surface area contributed by atoms with Crippen molar-refractivity contribution in [1.29, 1.82) is 0 Å². The molecule has 16 heavy (non-hydrogen) atoms. The summed E-state index contributed by atoms with van der Waals surface area (Å²) >= 11 is 0. The molecule has 0 bridgehead atoms. The number of nitrogens with one attached hydrogen (secondary N) is 2. The van der Waals surface area contributed by atoms with Crippen molar-refractivity contribution in [2.75, 3.05) is 18.9 Å². The molecule has 1 aromatic heterocycles. The normalized spacial score (nSPS) is 12.4. The van der Waals surface area contributed by atoms with Gasteiger partial charge in [-0.2, -0.15) is 0 Å². The summed E-state index contributed by atoms with van der Waals surface area (Å²) in [5, 5.41) is 11.6. The summed E-state index contributed by atoms with van der Waals surface area (Å²) < 4.78 is 0. The number of carbonyl (C=O) groups is 1. The van der Waals surface area contributed by atoms with Gasteiger partial charge in [-0.3, -0.25) is 4.79 Å². The number of carbonyl (C=O) groups excluding carboxylic acids is 1. The zero-order chi connectivity index (χ0) is 12.0. The van der Waals surface area contributed by atoms with E-state index in [9.17, 15) is 4.79 Å². The number of aliphatic hydroxyl groups is 1. The van der Waals surface area contributed by atoms with Gasteiger partial charge >= 0.3 is 0 Å². The van der Waals surface area contributed by atoms with Gasteiger partial charge in [-0.1, -0.05) is 13.3 Å². The van der Waals surface area contributed by atoms with Gasteiger partial charge in [0.2, 0.25) is 0 Å². The van der Waals surface area contributed by atoms with Crippen LogP contribution in [0, 0.1) is 5.92 Å². The number of aromatic nitrogens is 1. The van der Waals surface area contributed by atoms with Crippen LogP contribution in [0.3, 0.4) is 0 Å². The fourth-order valence-electron chi connectivity index (χ4n) is 1.51. The zero-order valence-corrected chi connectivity index (χ0v) is 9.49. The number of amides is 1. The highest BCUT2D eigenvalue weighted by molar-refractivity contribution is 5.93. The molecule has 1 heterocycles. The third-order valence-corrected chi connectivity index (χ3v) is 2.62. The first kappa shape index (κ1) is 12.6. The van der Waals surface area contributed by atoms with Gasteiger partial charge in [-0.05, 0) is 18.4 Å². The van der Waals surface area contributed by atoms with E-state index in [0.29, 0.717) is 30.3 Å². The molecule has 5 nitrogen and oxygen atoms in total. The van der Waals surface area contributed by atoms with Crippen molar-refractivity contribution in [1.82, 2.24) is 10.3 Å². The lowest BCUT2D eigenvalue weighted by molar-refractivity contribution is 0.0939. The number of anilines is 1. The van der Waals surface area contributed by atoms with E-state index in [1.165, 1.54) is 0 Å². The molecule has 5 heteroatoms. The van der Waals surface area contributed by atoms with E-state index in [1.807, 2.05) is 6.92 Å². The maximum Gasteiger partial charge on any atom is 0.267 e. The fraction of sp³-hybridized carbons (Fsp3) is 0.545. The van der Waals surface area contributed by atoms with Crippen LogP contribution in [0.2, 0.25) is 0 Å². The third kappa shape index (κ3) is 3.58. The SMILES string of the molecule is CCC(CCO)CNC(=O)c1cc(N)c[nH]1. The van der Waals surface area contributed by atoms with Crippen LogP contribution in [-0.2, 0) is 0 Å². The predicted molar refractivity (Wildman–Crippen MR) is 63.0 cm³/mol. The molecule has 0 saturated heterocycles. The molecule has 5 N–H and O–H groups in total. The molecular weight excluding hydrogens is 206 g/mol. The number of hydrogen-bond acceptors (Lipinski definition) is 3. The van der Waals surface area contributed by atoms with Crippen LogP contribution in [0.25, 0.3) is 0 Å². The molecule has 1 amide bonds. The van der Waals surface area contributed by atoms with Crippen molar-refractivity contribution >= 4 is 11.6 Å². The first-order chi connectivity index (χ1) is 7.67. The molecular formula is C11H19N3O2. The van der Waals surface area contributed by atoms with Gasteiger partial charge in [0.05, 0.1) is 0 Å². The summed E-state index contributed by atoms with van der Waals surface area (Å²) in [5.41, 5.74) is 6.52. The minimum Gasteiger partial charge on any atom is -0.397 e. The van der Waals surface area contributed by atoms with Crippen LogP contribution in [0.1, 0.15) is 30.3 Å². The molecule has 0 aliphatic heterocycles. The van der Waals surface area contributed by atoms with Gasteiger partial charge in [0.15, 0.2) is 0 Å². The monoisotopic (exact) mass is 225 g/mol. The van der Waals surface area contributed by atoms with Crippen molar-refractivity contribution < 1.29 is 9.90 Å². The molecule has 0 aromatic carbocycles. The van der Waals surface area contributed by atoms with Gasteiger partial charge in [-0.25, -0.2) is 0 Å². The Balaban J connectivity index is 2.40. The number of aliphatic hydroxyl groups excluding tert-OH is 1. The predicted octanol–water partition coefficient (Wildman–Crippen LogP) is 0.735. The van der Waals surface area contributed by atoms with Crippen molar-refractivity contribution in [3.63, 3.8) is 0 Å². The molecule has 90 valence electrons. The molecule has 0 aliphatic rings. The smallest absolute Gasteiger partial charge is 0.267 e. The number of H-pyrrole nitrogens is 1. The quantitative estimate of drug-likeness (QED) is 0.575. The topological polar surface area (TPSA) is 91.1 Å². The summed E-state index contributed by atoms with van der Waals surface area (Å²) in [4.78, 5) is 14.4. The van der Waals surface area contributed by atoms with E-state index >= 15 is 0 Å². The van der Waals surface area contributed by atoms with Crippen LogP contribution < -0.4 is 11.1 Å². The largest absolute Gasteiger partial charge is 0.397 e. The zero-order valence-electron chi connectivity index (χ0n) is 9.49. The second-order valence-electron chi connectivity index (χ2n) is 3.84. The summed E-state index contributed by atoms with van der Waals surface area (Å²) in [6.07, 6.45) is 3.23. The Kier molecular flexibility index (Phi) is 4.85. The highest BCUT2D eigenvalue weighted by Crippen LogP contribution is 2.07. The van der Waals surface area contributed by atoms with Crippen LogP contribution in [-0.4, -0.2) is 29.1 Å². The number of rotatable bonds is 6. The van der Waals surface area contributed by atoms with Gasteiger partial charge in [0, 0.05) is 25.0 Å². The number of aromatic amines is 1. The minimum absolute atomic E-state index is 0.157. The Morgan fingerprint density at radius 2 is 2.44 bits per heavy atom. The first-order valence-corrected chi connectivity index (χ1v) is 5.50. The molecule has 0 radical (unpaired) electrons. The Morgan fingerprint density at radius 1 is 1.69 bits per heavy atom. The summed E-state index contributed by atoms with van der Waals surface area (Å²) in [7, 11) is 0. The van der Waals surface area contributed by atoms with Crippen LogP contribution in [0.15, 0.2) is 12.3 Å². The average Bonchev–Trinajstić information content (AvgIpc) is 2.70. The van der Waals surface area contributed by atoms with Gasteiger partial charge in [0.1, 0.15) is 5.69 Å². The molecule has 1 aromatic rings. The van der Waals surface area contributed by atoms with E-state index < -0.39 is 0 Å². The van der Waals surface area contributed by atoms with E-state index in [2.05, 4.69) is 10.3 Å². The molecule has 0 saturated carbocycles. The maximum atomic E-state index is 11.6. The van der Waals surface area contributed by atoms with Crippen LogP contribution in [0.5, 0.6) is 0 Å². The van der Waals surface area contributed by atoms with Gasteiger partial charge in [-0.15, -0.1) is 0 Å². The fourth-order valence-corrected chi connectivity index (χ4v) is 1.51. The molecule has 0 fully saturated rings. The second kappa shape index (κ2) is 6.17. The Morgan fingerprint density at radius 3 is 2.94 bits per heavy atom. The molecule has 1 rings (SSSR count). The average molecular weight is 225 g/mol. The standard InChI is InChI=1S/C11H19N3O2/c1-2-8(3-4-15)6-14-11(16)10-5-9(12)7-13-10/h5,7-8,13,15H,2-4,6,12H2,1H3,(H,14,16). The number of hydrogen-bond donors (Lipinski definition) is 4. The van der Waals surface area contributed by atoms with Crippen LogP contribution in [0.4, 0.5) is 5.69 Å². The van der Waals surface area contributed by atoms with Crippen molar-refractivity contribution in [3.8, 4) is 0 Å². The summed E-state index contributed by atoms with van der Waals surface area (Å²) in [6.45, 7) is 2.78. The van der Waals surface area contributed by atoms with E-state index in [1.54, 1.807) is 12.3 Å². The summed E-state index contributed by atoms with van der Waals surface area (Å²) in [5.74, 6) is 0.161. The molecule has 0 aliphatic carbocycles. The van der Waals surface area contributed by atoms with E-state index in [0.717, 1.165) is 6.42 Å². The highest BCUT2D eigenvalue weighted by Gasteiger charge is 2.10. The summed E-state index contributed by atoms with van der Waals surface area (Å²) in [6, 6.07) is 1.60. The lowest BCUT2D eigenvalue weighted by Crippen LogP contribution is -2.29. The van der Waals surface area contributed by atoms with Crippen LogP contribution >= 0.6 is 0 Å².